The lowest BCUT2D eigenvalue weighted by atomic mass is 10.1. The Morgan fingerprint density at radius 1 is 1.15 bits per heavy atom. The lowest BCUT2D eigenvalue weighted by Crippen LogP contribution is -2.13. The third-order valence-corrected chi connectivity index (χ3v) is 2.86. The first kappa shape index (κ1) is 14.0. The van der Waals surface area contributed by atoms with Crippen molar-refractivity contribution in [2.45, 2.75) is 13.1 Å². The van der Waals surface area contributed by atoms with Gasteiger partial charge in [-0.05, 0) is 11.6 Å². The minimum Gasteiger partial charge on any atom is -0.505 e. The molecule has 0 aliphatic carbocycles. The van der Waals surface area contributed by atoms with Crippen molar-refractivity contribution in [3.05, 3.63) is 69.5 Å². The van der Waals surface area contributed by atoms with E-state index in [1.165, 1.54) is 24.3 Å². The van der Waals surface area contributed by atoms with Crippen LogP contribution in [0.5, 0.6) is 5.75 Å². The topological polar surface area (TPSA) is 75.4 Å². The van der Waals surface area contributed by atoms with Gasteiger partial charge in [-0.15, -0.1) is 0 Å². The molecule has 0 fully saturated rings. The molecule has 0 unspecified atom stereocenters. The predicted octanol–water partition coefficient (Wildman–Crippen LogP) is 2.73. The second-order valence-corrected chi connectivity index (χ2v) is 4.27. The minimum atomic E-state index is -0.653. The average Bonchev–Trinajstić information content (AvgIpc) is 2.44. The number of phenols is 1. The summed E-state index contributed by atoms with van der Waals surface area (Å²) in [7, 11) is 0. The van der Waals surface area contributed by atoms with Gasteiger partial charge in [0.2, 0.25) is 0 Å². The van der Waals surface area contributed by atoms with Crippen molar-refractivity contribution in [2.24, 2.45) is 0 Å². The normalized spacial score (nSPS) is 10.4. The maximum absolute atomic E-state index is 13.1. The summed E-state index contributed by atoms with van der Waals surface area (Å²) in [6.07, 6.45) is 0. The Morgan fingerprint density at radius 2 is 1.85 bits per heavy atom. The number of non-ortho nitro benzene ring substituents is 1. The molecule has 2 N–H and O–H groups in total. The van der Waals surface area contributed by atoms with Gasteiger partial charge in [0.1, 0.15) is 0 Å². The van der Waals surface area contributed by atoms with Gasteiger partial charge in [0.05, 0.1) is 4.92 Å². The number of nitro benzene ring substituents is 1. The van der Waals surface area contributed by atoms with E-state index in [1.807, 2.05) is 0 Å². The van der Waals surface area contributed by atoms with Gasteiger partial charge in [-0.1, -0.05) is 24.3 Å². The molecule has 0 aliphatic rings. The van der Waals surface area contributed by atoms with Gasteiger partial charge in [0.25, 0.3) is 5.69 Å². The first-order valence-corrected chi connectivity index (χ1v) is 5.98. The second kappa shape index (κ2) is 6.12. The minimum absolute atomic E-state index is 0.0384. The maximum atomic E-state index is 13.1. The first-order chi connectivity index (χ1) is 9.58. The molecule has 2 rings (SSSR count). The molecule has 2 aromatic carbocycles. The third-order valence-electron chi connectivity index (χ3n) is 2.86. The van der Waals surface area contributed by atoms with Crippen LogP contribution >= 0.6 is 0 Å². The highest BCUT2D eigenvalue weighted by Crippen LogP contribution is 2.20. The molecule has 20 heavy (non-hydrogen) atoms. The zero-order chi connectivity index (χ0) is 14.5. The van der Waals surface area contributed by atoms with Gasteiger partial charge in [-0.3, -0.25) is 10.1 Å². The largest absolute Gasteiger partial charge is 0.505 e. The van der Waals surface area contributed by atoms with Gasteiger partial charge in [-0.25, -0.2) is 4.39 Å². The van der Waals surface area contributed by atoms with Crippen LogP contribution in [-0.4, -0.2) is 10.0 Å². The van der Waals surface area contributed by atoms with Gasteiger partial charge in [0, 0.05) is 30.8 Å². The van der Waals surface area contributed by atoms with Crippen LogP contribution in [0.1, 0.15) is 11.1 Å². The molecular formula is C14H13FN2O3. The number of benzene rings is 2. The maximum Gasteiger partial charge on any atom is 0.269 e. The molecule has 6 heteroatoms. The molecule has 0 radical (unpaired) electrons. The molecule has 0 amide bonds. The van der Waals surface area contributed by atoms with E-state index in [2.05, 4.69) is 5.32 Å². The fraction of sp³-hybridized carbons (Fsp3) is 0.143. The number of rotatable bonds is 5. The van der Waals surface area contributed by atoms with E-state index in [4.69, 9.17) is 0 Å². The highest BCUT2D eigenvalue weighted by Gasteiger charge is 2.06. The quantitative estimate of drug-likeness (QED) is 0.650. The number of nitro groups is 1. The Kier molecular flexibility index (Phi) is 4.27. The average molecular weight is 276 g/mol. The lowest BCUT2D eigenvalue weighted by Gasteiger charge is -2.07. The smallest absolute Gasteiger partial charge is 0.269 e. The summed E-state index contributed by atoms with van der Waals surface area (Å²) < 4.78 is 13.1. The fourth-order valence-electron chi connectivity index (χ4n) is 1.78. The number of aromatic hydroxyl groups is 1. The molecule has 0 atom stereocenters. The van der Waals surface area contributed by atoms with E-state index >= 15 is 0 Å². The van der Waals surface area contributed by atoms with Gasteiger partial charge < -0.3 is 10.4 Å². The Hall–Kier alpha value is -2.47. The standard InChI is InChI=1S/C14H13FN2O3/c15-13-3-1-2-11(14(13)18)9-16-8-10-4-6-12(7-5-10)17(19)20/h1-7,16,18H,8-9H2. The van der Waals surface area contributed by atoms with Crippen LogP contribution in [0.3, 0.4) is 0 Å². The molecule has 0 spiro atoms. The van der Waals surface area contributed by atoms with E-state index in [0.29, 0.717) is 18.7 Å². The second-order valence-electron chi connectivity index (χ2n) is 4.27. The Morgan fingerprint density at radius 3 is 2.50 bits per heavy atom. The summed E-state index contributed by atoms with van der Waals surface area (Å²) in [6.45, 7) is 0.772. The van der Waals surface area contributed by atoms with Crippen LogP contribution in [0, 0.1) is 15.9 Å². The van der Waals surface area contributed by atoms with Crippen molar-refractivity contribution in [3.63, 3.8) is 0 Å². The molecule has 5 nitrogen and oxygen atoms in total. The number of para-hydroxylation sites is 1. The Bertz CT molecular complexity index is 614. The first-order valence-electron chi connectivity index (χ1n) is 5.98. The van der Waals surface area contributed by atoms with Crippen LogP contribution in [0.15, 0.2) is 42.5 Å². The van der Waals surface area contributed by atoms with E-state index in [0.717, 1.165) is 5.56 Å². The highest BCUT2D eigenvalue weighted by molar-refractivity contribution is 5.34. The predicted molar refractivity (Wildman–Crippen MR) is 71.7 cm³/mol. The summed E-state index contributed by atoms with van der Waals surface area (Å²) in [5, 5.41) is 23.0. The van der Waals surface area contributed by atoms with Crippen molar-refractivity contribution < 1.29 is 14.4 Å². The lowest BCUT2D eigenvalue weighted by molar-refractivity contribution is -0.384. The zero-order valence-corrected chi connectivity index (χ0v) is 10.5. The molecule has 0 aliphatic heterocycles. The highest BCUT2D eigenvalue weighted by atomic mass is 19.1. The van der Waals surface area contributed by atoms with Gasteiger partial charge >= 0.3 is 0 Å². The van der Waals surface area contributed by atoms with Crippen LogP contribution in [0.2, 0.25) is 0 Å². The Labute approximate surface area is 114 Å². The molecule has 0 aromatic heterocycles. The van der Waals surface area contributed by atoms with Crippen LogP contribution in [0.4, 0.5) is 10.1 Å². The monoisotopic (exact) mass is 276 g/mol. The van der Waals surface area contributed by atoms with Crippen molar-refractivity contribution in [2.75, 3.05) is 0 Å². The van der Waals surface area contributed by atoms with E-state index < -0.39 is 10.7 Å². The third kappa shape index (κ3) is 3.30. The fourth-order valence-corrected chi connectivity index (χ4v) is 1.78. The number of nitrogens with zero attached hydrogens (tertiary/aromatic N) is 1. The summed E-state index contributed by atoms with van der Waals surface area (Å²) in [4.78, 5) is 10.1. The van der Waals surface area contributed by atoms with E-state index in [1.54, 1.807) is 18.2 Å². The molecule has 0 saturated carbocycles. The number of halogens is 1. The van der Waals surface area contributed by atoms with Crippen molar-refractivity contribution in [1.29, 1.82) is 0 Å². The number of hydrogen-bond donors (Lipinski definition) is 2. The zero-order valence-electron chi connectivity index (χ0n) is 10.5. The molecule has 0 heterocycles. The molecule has 2 aromatic rings. The van der Waals surface area contributed by atoms with E-state index in [9.17, 15) is 19.6 Å². The number of phenolic OH excluding ortho intramolecular Hbond substituents is 1. The van der Waals surface area contributed by atoms with Crippen LogP contribution < -0.4 is 5.32 Å². The molecule has 104 valence electrons. The summed E-state index contributed by atoms with van der Waals surface area (Å²) in [5.41, 5.74) is 1.37. The summed E-state index contributed by atoms with van der Waals surface area (Å²) in [6, 6.07) is 10.5. The van der Waals surface area contributed by atoms with E-state index in [-0.39, 0.29) is 11.4 Å². The van der Waals surface area contributed by atoms with Crippen LogP contribution in [-0.2, 0) is 13.1 Å². The van der Waals surface area contributed by atoms with Crippen molar-refractivity contribution >= 4 is 5.69 Å². The van der Waals surface area contributed by atoms with Gasteiger partial charge in [0.15, 0.2) is 11.6 Å². The van der Waals surface area contributed by atoms with Crippen molar-refractivity contribution in [3.8, 4) is 5.75 Å². The van der Waals surface area contributed by atoms with Gasteiger partial charge in [-0.2, -0.15) is 0 Å². The summed E-state index contributed by atoms with van der Waals surface area (Å²) in [5.74, 6) is -1.01. The molecular weight excluding hydrogens is 263 g/mol. The number of hydrogen-bond acceptors (Lipinski definition) is 4. The Balaban J connectivity index is 1.92. The molecule has 0 saturated heterocycles. The molecule has 0 bridgehead atoms. The summed E-state index contributed by atoms with van der Waals surface area (Å²) >= 11 is 0. The van der Waals surface area contributed by atoms with Crippen molar-refractivity contribution in [1.82, 2.24) is 5.32 Å². The van der Waals surface area contributed by atoms with Crippen LogP contribution in [0.25, 0.3) is 0 Å². The number of nitrogens with one attached hydrogen (secondary N) is 1. The SMILES string of the molecule is O=[N+]([O-])c1ccc(CNCc2cccc(F)c2O)cc1.